The van der Waals surface area contributed by atoms with Gasteiger partial charge in [-0.1, -0.05) is 13.0 Å². The summed E-state index contributed by atoms with van der Waals surface area (Å²) in [5, 5.41) is 0. The fourth-order valence-corrected chi connectivity index (χ4v) is 3.38. The molecule has 1 aromatic heterocycles. The molecule has 2 unspecified atom stereocenters. The molecule has 30 heavy (non-hydrogen) atoms. The van der Waals surface area contributed by atoms with Crippen LogP contribution in [-0.2, 0) is 27.9 Å². The van der Waals surface area contributed by atoms with Gasteiger partial charge in [-0.15, -0.1) is 0 Å². The van der Waals surface area contributed by atoms with Gasteiger partial charge in [-0.05, 0) is 48.9 Å². The Bertz CT molecular complexity index is 974. The van der Waals surface area contributed by atoms with E-state index in [9.17, 15) is 13.2 Å². The van der Waals surface area contributed by atoms with E-state index in [1.165, 1.54) is 12.1 Å². The Morgan fingerprint density at radius 2 is 1.97 bits per heavy atom. The highest BCUT2D eigenvalue weighted by molar-refractivity contribution is 5.37. The third kappa shape index (κ3) is 4.34. The molecule has 1 aliphatic heterocycles. The predicted molar refractivity (Wildman–Crippen MR) is 103 cm³/mol. The zero-order valence-corrected chi connectivity index (χ0v) is 16.3. The summed E-state index contributed by atoms with van der Waals surface area (Å²) in [6, 6.07) is 11.7. The van der Waals surface area contributed by atoms with Crippen LogP contribution in [-0.4, -0.2) is 22.7 Å². The Morgan fingerprint density at radius 1 is 1.17 bits per heavy atom. The third-order valence-electron chi connectivity index (χ3n) is 4.96. The summed E-state index contributed by atoms with van der Waals surface area (Å²) in [6.45, 7) is 2.50. The summed E-state index contributed by atoms with van der Waals surface area (Å²) in [5.74, 6) is 0.280. The Morgan fingerprint density at radius 3 is 2.60 bits per heavy atom. The van der Waals surface area contributed by atoms with Crippen molar-refractivity contribution in [2.24, 2.45) is 0 Å². The molecule has 1 fully saturated rings. The molecule has 1 aliphatic rings. The first-order valence-corrected chi connectivity index (χ1v) is 9.64. The maximum absolute atomic E-state index is 12.9. The van der Waals surface area contributed by atoms with E-state index >= 15 is 0 Å². The van der Waals surface area contributed by atoms with E-state index in [1.807, 2.05) is 6.92 Å². The van der Waals surface area contributed by atoms with Crippen molar-refractivity contribution in [2.45, 2.75) is 37.8 Å². The van der Waals surface area contributed by atoms with Crippen LogP contribution in [0.3, 0.4) is 0 Å². The van der Waals surface area contributed by atoms with Crippen LogP contribution in [0, 0.1) is 0 Å². The van der Waals surface area contributed by atoms with Crippen molar-refractivity contribution in [1.82, 2.24) is 9.97 Å². The van der Waals surface area contributed by atoms with Crippen LogP contribution >= 0.6 is 0 Å². The number of hydrogen-bond donors (Lipinski definition) is 1. The highest BCUT2D eigenvalue weighted by Gasteiger charge is 2.43. The molecule has 158 valence electrons. The second-order valence-corrected chi connectivity index (χ2v) is 7.08. The smallest absolute Gasteiger partial charge is 0.416 e. The molecule has 8 heteroatoms. The lowest BCUT2D eigenvalue weighted by Gasteiger charge is -2.28. The number of nitrogens with zero attached hydrogens (tertiary/aromatic N) is 1. The second kappa shape index (κ2) is 8.12. The van der Waals surface area contributed by atoms with Gasteiger partial charge in [0.15, 0.2) is 0 Å². The molecule has 4 rings (SSSR count). The van der Waals surface area contributed by atoms with Gasteiger partial charge in [0.2, 0.25) is 5.79 Å². The van der Waals surface area contributed by atoms with Crippen molar-refractivity contribution in [3.8, 4) is 11.5 Å². The highest BCUT2D eigenvalue weighted by atomic mass is 19.4. The van der Waals surface area contributed by atoms with Crippen LogP contribution in [0.2, 0.25) is 0 Å². The molecular weight excluding hydrogens is 397 g/mol. The quantitative estimate of drug-likeness (QED) is 0.579. The van der Waals surface area contributed by atoms with Gasteiger partial charge in [0.05, 0.1) is 24.7 Å². The molecule has 5 nitrogen and oxygen atoms in total. The molecule has 0 spiro atoms. The number of H-pyrrole nitrogens is 1. The number of nitrogens with one attached hydrogen (secondary N) is 1. The number of aromatic amines is 1. The van der Waals surface area contributed by atoms with Gasteiger partial charge in [0, 0.05) is 18.0 Å². The molecule has 0 bridgehead atoms. The summed E-state index contributed by atoms with van der Waals surface area (Å²) < 4.78 is 56.6. The normalized spacial score (nSPS) is 21.7. The summed E-state index contributed by atoms with van der Waals surface area (Å²) in [4.78, 5) is 7.34. The molecule has 2 heterocycles. The minimum atomic E-state index is -4.42. The fourth-order valence-electron chi connectivity index (χ4n) is 3.38. The Labute approximate surface area is 171 Å². The Kier molecular flexibility index (Phi) is 5.53. The summed E-state index contributed by atoms with van der Waals surface area (Å²) >= 11 is 0. The van der Waals surface area contributed by atoms with Crippen molar-refractivity contribution in [2.75, 3.05) is 6.61 Å². The number of imidazole rings is 1. The maximum Gasteiger partial charge on any atom is 0.416 e. The van der Waals surface area contributed by atoms with Gasteiger partial charge in [0.1, 0.15) is 17.3 Å². The van der Waals surface area contributed by atoms with Crippen LogP contribution < -0.4 is 4.74 Å². The highest BCUT2D eigenvalue weighted by Crippen LogP contribution is 2.39. The lowest BCUT2D eigenvalue weighted by atomic mass is 10.0. The van der Waals surface area contributed by atoms with Gasteiger partial charge in [0.25, 0.3) is 0 Å². The van der Waals surface area contributed by atoms with Crippen molar-refractivity contribution in [1.29, 1.82) is 0 Å². The first kappa shape index (κ1) is 20.4. The number of rotatable bonds is 6. The van der Waals surface area contributed by atoms with Gasteiger partial charge in [-0.2, -0.15) is 13.2 Å². The van der Waals surface area contributed by atoms with E-state index < -0.39 is 17.5 Å². The number of aromatic nitrogens is 2. The van der Waals surface area contributed by atoms with Crippen LogP contribution in [0.1, 0.15) is 30.3 Å². The molecular formula is C22H21F3N2O3. The molecule has 2 aromatic carbocycles. The van der Waals surface area contributed by atoms with Crippen LogP contribution in [0.25, 0.3) is 0 Å². The van der Waals surface area contributed by atoms with Gasteiger partial charge >= 0.3 is 6.18 Å². The van der Waals surface area contributed by atoms with Gasteiger partial charge in [-0.3, -0.25) is 0 Å². The van der Waals surface area contributed by atoms with E-state index in [0.717, 1.165) is 29.9 Å². The largest absolute Gasteiger partial charge is 0.457 e. The average Bonchev–Trinajstić information content (AvgIpc) is 3.39. The van der Waals surface area contributed by atoms with Crippen LogP contribution in [0.15, 0.2) is 60.9 Å². The van der Waals surface area contributed by atoms with Crippen molar-refractivity contribution in [3.05, 3.63) is 77.9 Å². The number of ether oxygens (including phenoxy) is 3. The van der Waals surface area contributed by atoms with E-state index in [-0.39, 0.29) is 11.9 Å². The first-order chi connectivity index (χ1) is 14.4. The SMILES string of the molecule is CCC1COC(Cc2ncc[nH]2)(c2ccc(Oc3cccc(C(F)(F)F)c3)cc2)O1. The molecule has 0 aliphatic carbocycles. The summed E-state index contributed by atoms with van der Waals surface area (Å²) in [7, 11) is 0. The van der Waals surface area contributed by atoms with E-state index in [0.29, 0.717) is 18.8 Å². The number of benzene rings is 2. The summed E-state index contributed by atoms with van der Waals surface area (Å²) in [5.41, 5.74) is 0.0265. The van der Waals surface area contributed by atoms with Crippen molar-refractivity contribution < 1.29 is 27.4 Å². The molecule has 1 saturated heterocycles. The monoisotopic (exact) mass is 418 g/mol. The molecule has 2 atom stereocenters. The number of halogens is 3. The molecule has 3 aromatic rings. The van der Waals surface area contributed by atoms with Crippen molar-refractivity contribution in [3.63, 3.8) is 0 Å². The average molecular weight is 418 g/mol. The van der Waals surface area contributed by atoms with Crippen molar-refractivity contribution >= 4 is 0 Å². The Balaban J connectivity index is 1.55. The molecule has 0 radical (unpaired) electrons. The van der Waals surface area contributed by atoms with Crippen LogP contribution in [0.5, 0.6) is 11.5 Å². The van der Waals surface area contributed by atoms with E-state index in [1.54, 1.807) is 36.7 Å². The first-order valence-electron chi connectivity index (χ1n) is 9.64. The Hall–Kier alpha value is -2.84. The third-order valence-corrected chi connectivity index (χ3v) is 4.96. The summed E-state index contributed by atoms with van der Waals surface area (Å²) in [6.07, 6.45) is 0.179. The van der Waals surface area contributed by atoms with Gasteiger partial charge < -0.3 is 19.2 Å². The fraction of sp³-hybridized carbons (Fsp3) is 0.318. The lowest BCUT2D eigenvalue weighted by molar-refractivity contribution is -0.177. The second-order valence-electron chi connectivity index (χ2n) is 7.08. The minimum Gasteiger partial charge on any atom is -0.457 e. The minimum absolute atomic E-state index is 0.0269. The van der Waals surface area contributed by atoms with E-state index in [2.05, 4.69) is 9.97 Å². The van der Waals surface area contributed by atoms with E-state index in [4.69, 9.17) is 14.2 Å². The van der Waals surface area contributed by atoms with Crippen LogP contribution in [0.4, 0.5) is 13.2 Å². The predicted octanol–water partition coefficient (Wildman–Crippen LogP) is 5.44. The topological polar surface area (TPSA) is 56.4 Å². The maximum atomic E-state index is 12.9. The molecule has 0 amide bonds. The molecule has 0 saturated carbocycles. The molecule has 1 N–H and O–H groups in total. The van der Waals surface area contributed by atoms with Gasteiger partial charge in [-0.25, -0.2) is 4.98 Å². The lowest BCUT2D eigenvalue weighted by Crippen LogP contribution is -2.31. The zero-order valence-electron chi connectivity index (χ0n) is 16.3. The zero-order chi connectivity index (χ0) is 21.2. The number of alkyl halides is 3. The number of hydrogen-bond acceptors (Lipinski definition) is 4. The standard InChI is InChI=1S/C22H21F3N2O3/c1-2-17-14-28-21(30-17,13-20-26-10-11-27-20)15-6-8-18(9-7-15)29-19-5-3-4-16(12-19)22(23,24)25/h3-12,17H,2,13-14H2,1H3,(H,26,27).